The number of nitrogens with zero attached hydrogens (tertiary/aromatic N) is 2. The van der Waals surface area contributed by atoms with Crippen LogP contribution < -0.4 is 14.4 Å². The molecule has 246 valence electrons. The molecular weight excluding hydrogens is 611 g/mol. The Morgan fingerprint density at radius 3 is 2.09 bits per heavy atom. The molecule has 4 aromatic rings. The average molecular weight is 654 g/mol. The number of hydrogen-bond donors (Lipinski definition) is 1. The number of rotatable bonds is 12. The van der Waals surface area contributed by atoms with Crippen LogP contribution in [0.15, 0.2) is 108 Å². The zero-order valence-corrected chi connectivity index (χ0v) is 28.1. The predicted octanol–water partition coefficient (Wildman–Crippen LogP) is 7.16. The van der Waals surface area contributed by atoms with E-state index in [1.807, 2.05) is 68.4 Å². The molecule has 5 rings (SSSR count). The zero-order chi connectivity index (χ0) is 33.4. The highest BCUT2D eigenvalue weighted by Gasteiger charge is 2.33. The molecule has 0 saturated heterocycles. The summed E-state index contributed by atoms with van der Waals surface area (Å²) in [5.41, 5.74) is 3.07. The van der Waals surface area contributed by atoms with E-state index in [-0.39, 0.29) is 23.4 Å². The van der Waals surface area contributed by atoms with Gasteiger partial charge in [-0.05, 0) is 93.3 Å². The minimum Gasteiger partial charge on any atom is -0.457 e. The molecular formula is C38H43N3O5S. The average Bonchev–Trinajstić information content (AvgIpc) is 3.08. The van der Waals surface area contributed by atoms with Gasteiger partial charge in [0.1, 0.15) is 24.1 Å². The first kappa shape index (κ1) is 33.7. The molecule has 0 bridgehead atoms. The second kappa shape index (κ2) is 15.3. The van der Waals surface area contributed by atoms with Gasteiger partial charge in [-0.15, -0.1) is 0 Å². The van der Waals surface area contributed by atoms with Crippen molar-refractivity contribution in [3.63, 3.8) is 0 Å². The molecule has 8 nitrogen and oxygen atoms in total. The van der Waals surface area contributed by atoms with E-state index in [2.05, 4.69) is 5.32 Å². The second-order valence-electron chi connectivity index (χ2n) is 12.2. The summed E-state index contributed by atoms with van der Waals surface area (Å²) in [5, 5.41) is 3.15. The maximum absolute atomic E-state index is 14.3. The number of anilines is 1. The third-order valence-electron chi connectivity index (χ3n) is 8.71. The Kier molecular flexibility index (Phi) is 11.0. The summed E-state index contributed by atoms with van der Waals surface area (Å²) < 4.78 is 35.4. The van der Waals surface area contributed by atoms with Crippen LogP contribution in [-0.2, 0) is 26.2 Å². The highest BCUT2D eigenvalue weighted by molar-refractivity contribution is 7.92. The number of sulfonamides is 1. The molecule has 47 heavy (non-hydrogen) atoms. The van der Waals surface area contributed by atoms with E-state index in [9.17, 15) is 18.0 Å². The fourth-order valence-corrected chi connectivity index (χ4v) is 7.21. The van der Waals surface area contributed by atoms with Gasteiger partial charge in [-0.1, -0.05) is 79.4 Å². The summed E-state index contributed by atoms with van der Waals surface area (Å²) >= 11 is 0. The summed E-state index contributed by atoms with van der Waals surface area (Å²) in [6.45, 7) is 5.21. The van der Waals surface area contributed by atoms with E-state index < -0.39 is 28.5 Å². The van der Waals surface area contributed by atoms with Gasteiger partial charge < -0.3 is 15.0 Å². The lowest BCUT2D eigenvalue weighted by atomic mass is 9.95. The van der Waals surface area contributed by atoms with Crippen LogP contribution in [0.25, 0.3) is 0 Å². The van der Waals surface area contributed by atoms with Gasteiger partial charge in [-0.25, -0.2) is 8.42 Å². The largest absolute Gasteiger partial charge is 0.457 e. The number of carbonyl (C=O) groups excluding carboxylic acids is 2. The van der Waals surface area contributed by atoms with E-state index in [0.717, 1.165) is 53.1 Å². The zero-order valence-electron chi connectivity index (χ0n) is 27.3. The summed E-state index contributed by atoms with van der Waals surface area (Å²) in [4.78, 5) is 29.5. The fourth-order valence-electron chi connectivity index (χ4n) is 5.79. The van der Waals surface area contributed by atoms with Crippen molar-refractivity contribution >= 4 is 27.5 Å². The SMILES string of the molecule is Cc1ccc(S(=O)(=O)N(CC(=O)N(Cc2ccccc2C)[C@@H](C)C(=O)NC2CCCCC2)c2ccc(Oc3ccccc3)cc2)cc1. The van der Waals surface area contributed by atoms with Crippen LogP contribution in [0.5, 0.6) is 11.5 Å². The van der Waals surface area contributed by atoms with Crippen molar-refractivity contribution in [2.45, 2.75) is 76.4 Å². The first-order chi connectivity index (χ1) is 22.6. The van der Waals surface area contributed by atoms with E-state index in [1.165, 1.54) is 4.90 Å². The predicted molar refractivity (Wildman–Crippen MR) is 185 cm³/mol. The first-order valence-electron chi connectivity index (χ1n) is 16.2. The molecule has 1 fully saturated rings. The number of carbonyl (C=O) groups is 2. The molecule has 0 heterocycles. The molecule has 0 radical (unpaired) electrons. The fraction of sp³-hybridized carbons (Fsp3) is 0.316. The van der Waals surface area contributed by atoms with Gasteiger partial charge in [0.15, 0.2) is 0 Å². The Morgan fingerprint density at radius 1 is 0.809 bits per heavy atom. The Morgan fingerprint density at radius 2 is 1.43 bits per heavy atom. The first-order valence-corrected chi connectivity index (χ1v) is 17.6. The van der Waals surface area contributed by atoms with Crippen LogP contribution in [0.4, 0.5) is 5.69 Å². The number of benzene rings is 4. The number of hydrogen-bond acceptors (Lipinski definition) is 5. The van der Waals surface area contributed by atoms with Crippen molar-refractivity contribution in [2.24, 2.45) is 0 Å². The highest BCUT2D eigenvalue weighted by atomic mass is 32.2. The van der Waals surface area contributed by atoms with Crippen LogP contribution in [0.2, 0.25) is 0 Å². The maximum Gasteiger partial charge on any atom is 0.264 e. The highest BCUT2D eigenvalue weighted by Crippen LogP contribution is 2.29. The smallest absolute Gasteiger partial charge is 0.264 e. The Bertz CT molecular complexity index is 1750. The number of para-hydroxylation sites is 1. The van der Waals surface area contributed by atoms with E-state index in [1.54, 1.807) is 55.5 Å². The number of ether oxygens (including phenoxy) is 1. The van der Waals surface area contributed by atoms with E-state index >= 15 is 0 Å². The third-order valence-corrected chi connectivity index (χ3v) is 10.5. The Balaban J connectivity index is 1.47. The monoisotopic (exact) mass is 653 g/mol. The van der Waals surface area contributed by atoms with Crippen molar-refractivity contribution in [3.05, 3.63) is 120 Å². The van der Waals surface area contributed by atoms with Gasteiger partial charge in [0, 0.05) is 12.6 Å². The molecule has 0 aliphatic heterocycles. The Labute approximate surface area is 278 Å². The molecule has 0 spiro atoms. The number of nitrogens with one attached hydrogen (secondary N) is 1. The summed E-state index contributed by atoms with van der Waals surface area (Å²) in [6.07, 6.45) is 5.11. The minimum atomic E-state index is -4.18. The van der Waals surface area contributed by atoms with Gasteiger partial charge in [0.05, 0.1) is 10.6 Å². The van der Waals surface area contributed by atoms with Crippen LogP contribution in [0.3, 0.4) is 0 Å². The van der Waals surface area contributed by atoms with Crippen LogP contribution >= 0.6 is 0 Å². The van der Waals surface area contributed by atoms with Crippen LogP contribution in [0, 0.1) is 13.8 Å². The lowest BCUT2D eigenvalue weighted by Crippen LogP contribution is -2.53. The van der Waals surface area contributed by atoms with Crippen LogP contribution in [0.1, 0.15) is 55.7 Å². The standard InChI is InChI=1S/C38H43N3O5S/c1-28-18-24-36(25-19-28)47(44,45)41(33-20-22-35(23-21-33)46-34-16-8-5-9-17-34)27-37(42)40(26-31-13-11-10-12-29(31)2)30(3)38(43)39-32-14-6-4-7-15-32/h5,8-13,16-25,30,32H,4,6-7,14-15,26-27H2,1-3H3,(H,39,43)/t30-/m0/s1. The number of amides is 2. The van der Waals surface area contributed by atoms with E-state index in [4.69, 9.17) is 4.74 Å². The number of aryl methyl sites for hydroxylation is 2. The summed E-state index contributed by atoms with van der Waals surface area (Å²) in [6, 6.07) is 29.4. The molecule has 1 atom stereocenters. The molecule has 4 aromatic carbocycles. The van der Waals surface area contributed by atoms with Crippen molar-refractivity contribution in [1.29, 1.82) is 0 Å². The lowest BCUT2D eigenvalue weighted by Gasteiger charge is -2.33. The third kappa shape index (κ3) is 8.60. The van der Waals surface area contributed by atoms with E-state index in [0.29, 0.717) is 17.2 Å². The van der Waals surface area contributed by atoms with Crippen molar-refractivity contribution in [1.82, 2.24) is 10.2 Å². The van der Waals surface area contributed by atoms with Crippen LogP contribution in [-0.4, -0.2) is 43.8 Å². The topological polar surface area (TPSA) is 96.0 Å². The molecule has 0 unspecified atom stereocenters. The molecule has 1 saturated carbocycles. The molecule has 0 aromatic heterocycles. The normalized spacial score (nSPS) is 14.2. The minimum absolute atomic E-state index is 0.0639. The Hall–Kier alpha value is -4.63. The quantitative estimate of drug-likeness (QED) is 0.175. The van der Waals surface area contributed by atoms with Gasteiger partial charge in [-0.2, -0.15) is 0 Å². The van der Waals surface area contributed by atoms with Gasteiger partial charge in [0.25, 0.3) is 10.0 Å². The maximum atomic E-state index is 14.3. The van der Waals surface area contributed by atoms with Gasteiger partial charge in [-0.3, -0.25) is 13.9 Å². The van der Waals surface area contributed by atoms with Gasteiger partial charge in [0.2, 0.25) is 11.8 Å². The van der Waals surface area contributed by atoms with Crippen molar-refractivity contribution < 1.29 is 22.7 Å². The van der Waals surface area contributed by atoms with Crippen molar-refractivity contribution in [2.75, 3.05) is 10.8 Å². The lowest BCUT2D eigenvalue weighted by molar-refractivity contribution is -0.139. The van der Waals surface area contributed by atoms with Gasteiger partial charge >= 0.3 is 0 Å². The summed E-state index contributed by atoms with van der Waals surface area (Å²) in [7, 11) is -4.18. The molecule has 1 aliphatic carbocycles. The molecule has 1 N–H and O–H groups in total. The molecule has 1 aliphatic rings. The molecule has 2 amide bonds. The molecule has 9 heteroatoms. The second-order valence-corrected chi connectivity index (χ2v) is 14.1. The van der Waals surface area contributed by atoms with Crippen molar-refractivity contribution in [3.8, 4) is 11.5 Å². The summed E-state index contributed by atoms with van der Waals surface area (Å²) in [5.74, 6) is 0.439.